The lowest BCUT2D eigenvalue weighted by Gasteiger charge is -1.95. The second-order valence-corrected chi connectivity index (χ2v) is 3.30. The van der Waals surface area contributed by atoms with E-state index in [0.717, 1.165) is 5.75 Å². The normalized spacial score (nSPS) is 8.08. The van der Waals surface area contributed by atoms with Crippen molar-refractivity contribution in [2.75, 3.05) is 6.26 Å². The first kappa shape index (κ1) is 12.1. The summed E-state index contributed by atoms with van der Waals surface area (Å²) in [6, 6.07) is 3.80. The van der Waals surface area contributed by atoms with Gasteiger partial charge in [0.1, 0.15) is 5.15 Å². The molecule has 1 aromatic rings. The molecule has 0 aliphatic rings. The van der Waals surface area contributed by atoms with E-state index in [0.29, 0.717) is 5.15 Å². The summed E-state index contributed by atoms with van der Waals surface area (Å²) < 4.78 is 0. The lowest BCUT2D eigenvalue weighted by Crippen LogP contribution is -1.80. The zero-order valence-corrected chi connectivity index (χ0v) is 8.77. The zero-order valence-electron chi connectivity index (χ0n) is 7.20. The second kappa shape index (κ2) is 7.71. The van der Waals surface area contributed by atoms with Crippen LogP contribution < -0.4 is 5.73 Å². The maximum atomic E-state index is 7.10. The van der Waals surface area contributed by atoms with Crippen molar-refractivity contribution < 1.29 is 0 Å². The molecule has 1 rings (SSSR count). The molecule has 0 saturated heterocycles. The van der Waals surface area contributed by atoms with E-state index in [4.69, 9.17) is 16.9 Å². The Hall–Kier alpha value is -0.920. The van der Waals surface area contributed by atoms with Crippen LogP contribution in [0.4, 0.5) is 0 Å². The van der Waals surface area contributed by atoms with Crippen LogP contribution in [0.3, 0.4) is 0 Å². The van der Waals surface area contributed by atoms with Gasteiger partial charge in [-0.25, -0.2) is 4.98 Å². The van der Waals surface area contributed by atoms with Gasteiger partial charge in [0.15, 0.2) is 6.19 Å². The Morgan fingerprint density at radius 2 is 2.31 bits per heavy atom. The van der Waals surface area contributed by atoms with Crippen molar-refractivity contribution in [3.63, 3.8) is 0 Å². The molecule has 0 saturated carbocycles. The Kier molecular flexibility index (Phi) is 7.17. The number of hydrogen-bond acceptors (Lipinski definition) is 4. The molecule has 2 N–H and O–H groups in total. The van der Waals surface area contributed by atoms with Gasteiger partial charge in [-0.2, -0.15) is 17.0 Å². The molecule has 0 radical (unpaired) electrons. The van der Waals surface area contributed by atoms with Gasteiger partial charge in [-0.05, 0) is 17.9 Å². The van der Waals surface area contributed by atoms with E-state index >= 15 is 0 Å². The smallest absolute Gasteiger partial charge is 0.173 e. The maximum absolute atomic E-state index is 7.10. The highest BCUT2D eigenvalue weighted by atomic mass is 35.5. The molecule has 1 aromatic heterocycles. The number of rotatable bonds is 2. The Labute approximate surface area is 86.9 Å². The van der Waals surface area contributed by atoms with Crippen molar-refractivity contribution in [1.29, 1.82) is 5.26 Å². The minimum absolute atomic E-state index is 0.560. The van der Waals surface area contributed by atoms with E-state index in [1.807, 2.05) is 12.1 Å². The summed E-state index contributed by atoms with van der Waals surface area (Å²) >= 11 is 7.37. The van der Waals surface area contributed by atoms with Crippen LogP contribution >= 0.6 is 23.4 Å². The van der Waals surface area contributed by atoms with Crippen LogP contribution in [0.15, 0.2) is 18.3 Å². The number of hydrogen-bond donors (Lipinski definition) is 1. The molecular formula is C8H10ClN3S. The highest BCUT2D eigenvalue weighted by Gasteiger charge is 1.90. The van der Waals surface area contributed by atoms with Crippen LogP contribution in [0.25, 0.3) is 0 Å². The first-order valence-corrected chi connectivity index (χ1v) is 5.20. The Bertz CT molecular complexity index is 268. The summed E-state index contributed by atoms with van der Waals surface area (Å²) in [6.07, 6.45) is 5.12. The summed E-state index contributed by atoms with van der Waals surface area (Å²) in [5, 5.41) is 7.66. The van der Waals surface area contributed by atoms with E-state index < -0.39 is 0 Å². The quantitative estimate of drug-likeness (QED) is 0.466. The van der Waals surface area contributed by atoms with E-state index in [9.17, 15) is 0 Å². The van der Waals surface area contributed by atoms with Crippen LogP contribution in [0.2, 0.25) is 5.15 Å². The maximum Gasteiger partial charge on any atom is 0.173 e. The number of halogens is 1. The van der Waals surface area contributed by atoms with Gasteiger partial charge in [-0.1, -0.05) is 17.7 Å². The number of nitriles is 1. The van der Waals surface area contributed by atoms with Gasteiger partial charge >= 0.3 is 0 Å². The standard InChI is InChI=1S/C7H8ClNS.CH2N2/c1-10-5-6-2-3-7(8)9-4-6;2-1-3/h2-4H,5H2,1H3;2H2. The van der Waals surface area contributed by atoms with Crippen molar-refractivity contribution in [2.45, 2.75) is 5.75 Å². The van der Waals surface area contributed by atoms with Crippen LogP contribution in [-0.4, -0.2) is 11.2 Å². The molecule has 0 unspecified atom stereocenters. The van der Waals surface area contributed by atoms with Crippen LogP contribution in [0, 0.1) is 11.5 Å². The molecule has 5 heteroatoms. The lowest BCUT2D eigenvalue weighted by molar-refractivity contribution is 1.25. The van der Waals surface area contributed by atoms with Crippen LogP contribution in [0.5, 0.6) is 0 Å². The monoisotopic (exact) mass is 215 g/mol. The predicted molar refractivity (Wildman–Crippen MR) is 56.3 cm³/mol. The van der Waals surface area contributed by atoms with Gasteiger partial charge in [0, 0.05) is 11.9 Å². The van der Waals surface area contributed by atoms with Gasteiger partial charge in [0.25, 0.3) is 0 Å². The van der Waals surface area contributed by atoms with E-state index in [2.05, 4.69) is 17.0 Å². The molecule has 0 atom stereocenters. The van der Waals surface area contributed by atoms with Crippen molar-refractivity contribution in [1.82, 2.24) is 4.98 Å². The first-order chi connectivity index (χ1) is 6.24. The molecule has 0 bridgehead atoms. The Balaban J connectivity index is 0.000000424. The molecule has 0 aliphatic heterocycles. The predicted octanol–water partition coefficient (Wildman–Crippen LogP) is 2.02. The van der Waals surface area contributed by atoms with E-state index in [-0.39, 0.29) is 0 Å². The fourth-order valence-electron chi connectivity index (χ4n) is 0.658. The van der Waals surface area contributed by atoms with Crippen LogP contribution in [-0.2, 0) is 5.75 Å². The molecule has 3 nitrogen and oxygen atoms in total. The van der Waals surface area contributed by atoms with Gasteiger partial charge in [0.2, 0.25) is 0 Å². The van der Waals surface area contributed by atoms with Crippen molar-refractivity contribution in [3.05, 3.63) is 29.0 Å². The van der Waals surface area contributed by atoms with Gasteiger partial charge in [-0.15, -0.1) is 0 Å². The summed E-state index contributed by atoms with van der Waals surface area (Å²) in [5.41, 5.74) is 5.37. The first-order valence-electron chi connectivity index (χ1n) is 3.43. The number of thioether (sulfide) groups is 1. The SMILES string of the molecule is CSCc1ccc(Cl)nc1.N#CN. The number of nitrogens with zero attached hydrogens (tertiary/aromatic N) is 2. The average molecular weight is 216 g/mol. The van der Waals surface area contributed by atoms with Crippen molar-refractivity contribution >= 4 is 23.4 Å². The molecule has 13 heavy (non-hydrogen) atoms. The number of nitrogens with two attached hydrogens (primary N) is 1. The average Bonchev–Trinajstić information content (AvgIpc) is 2.11. The zero-order chi connectivity index (χ0) is 10.1. The van der Waals surface area contributed by atoms with Gasteiger partial charge < -0.3 is 5.73 Å². The number of aromatic nitrogens is 1. The highest BCUT2D eigenvalue weighted by molar-refractivity contribution is 7.97. The molecule has 0 aliphatic carbocycles. The summed E-state index contributed by atoms with van der Waals surface area (Å²) in [4.78, 5) is 3.95. The minimum Gasteiger partial charge on any atom is -0.337 e. The summed E-state index contributed by atoms with van der Waals surface area (Å²) in [5.74, 6) is 1.00. The third-order valence-electron chi connectivity index (χ3n) is 1.10. The van der Waals surface area contributed by atoms with E-state index in [1.54, 1.807) is 18.0 Å². The highest BCUT2D eigenvalue weighted by Crippen LogP contribution is 2.10. The molecular weight excluding hydrogens is 206 g/mol. The Morgan fingerprint density at radius 1 is 1.69 bits per heavy atom. The number of pyridine rings is 1. The van der Waals surface area contributed by atoms with Crippen molar-refractivity contribution in [2.24, 2.45) is 5.73 Å². The van der Waals surface area contributed by atoms with E-state index in [1.165, 1.54) is 11.8 Å². The molecule has 0 amide bonds. The summed E-state index contributed by atoms with van der Waals surface area (Å²) in [6.45, 7) is 0. The van der Waals surface area contributed by atoms with Crippen LogP contribution in [0.1, 0.15) is 5.56 Å². The largest absolute Gasteiger partial charge is 0.337 e. The molecule has 70 valence electrons. The molecule has 1 heterocycles. The minimum atomic E-state index is 0.560. The van der Waals surface area contributed by atoms with Crippen molar-refractivity contribution in [3.8, 4) is 6.19 Å². The van der Waals surface area contributed by atoms with Gasteiger partial charge in [-0.3, -0.25) is 0 Å². The summed E-state index contributed by atoms with van der Waals surface area (Å²) in [7, 11) is 0. The third kappa shape index (κ3) is 6.26. The molecule has 0 fully saturated rings. The lowest BCUT2D eigenvalue weighted by atomic mass is 10.3. The molecule has 0 aromatic carbocycles. The third-order valence-corrected chi connectivity index (χ3v) is 1.95. The Morgan fingerprint density at radius 3 is 2.69 bits per heavy atom. The molecule has 0 spiro atoms. The fourth-order valence-corrected chi connectivity index (χ4v) is 1.27. The topological polar surface area (TPSA) is 62.7 Å². The second-order valence-electron chi connectivity index (χ2n) is 2.05. The fraction of sp³-hybridized carbons (Fsp3) is 0.250. The van der Waals surface area contributed by atoms with Gasteiger partial charge in [0.05, 0.1) is 0 Å².